The zero-order valence-electron chi connectivity index (χ0n) is 21.1. The van der Waals surface area contributed by atoms with Crippen molar-refractivity contribution < 1.29 is 9.90 Å². The van der Waals surface area contributed by atoms with Gasteiger partial charge in [0.15, 0.2) is 0 Å². The molecule has 0 bridgehead atoms. The molecular formula is C30H34N4O2. The fourth-order valence-electron chi connectivity index (χ4n) is 4.86. The Labute approximate surface area is 212 Å². The van der Waals surface area contributed by atoms with Crippen LogP contribution in [0.3, 0.4) is 0 Å². The van der Waals surface area contributed by atoms with Gasteiger partial charge in [-0.1, -0.05) is 50.2 Å². The average Bonchev–Trinajstić information content (AvgIpc) is 3.32. The molecule has 36 heavy (non-hydrogen) atoms. The van der Waals surface area contributed by atoms with Crippen LogP contribution in [0, 0.1) is 5.92 Å². The minimum absolute atomic E-state index is 0.185. The summed E-state index contributed by atoms with van der Waals surface area (Å²) in [5.74, 6) is 1.13. The van der Waals surface area contributed by atoms with Crippen LogP contribution in [0.5, 0.6) is 5.75 Å². The van der Waals surface area contributed by atoms with E-state index in [-0.39, 0.29) is 11.7 Å². The molecule has 2 N–H and O–H groups in total. The number of amides is 1. The quantitative estimate of drug-likeness (QED) is 0.373. The highest BCUT2D eigenvalue weighted by Crippen LogP contribution is 2.38. The maximum atomic E-state index is 12.9. The zero-order valence-corrected chi connectivity index (χ0v) is 21.1. The molecule has 0 spiro atoms. The number of phenols is 1. The van der Waals surface area contributed by atoms with E-state index in [0.29, 0.717) is 12.3 Å². The highest BCUT2D eigenvalue weighted by Gasteiger charge is 2.21. The first-order valence-electron chi connectivity index (χ1n) is 12.8. The summed E-state index contributed by atoms with van der Waals surface area (Å²) >= 11 is 0. The first kappa shape index (κ1) is 24.1. The van der Waals surface area contributed by atoms with Crippen molar-refractivity contribution in [1.82, 2.24) is 19.8 Å². The summed E-state index contributed by atoms with van der Waals surface area (Å²) in [5, 5.41) is 12.1. The molecule has 186 valence electrons. The highest BCUT2D eigenvalue weighted by molar-refractivity contribution is 5.89. The summed E-state index contributed by atoms with van der Waals surface area (Å²) in [5.41, 5.74) is 5.25. The number of carbonyl (C=O) groups excluding carboxylic acids is 1. The first-order valence-corrected chi connectivity index (χ1v) is 12.8. The van der Waals surface area contributed by atoms with E-state index in [1.54, 1.807) is 6.20 Å². The lowest BCUT2D eigenvalue weighted by atomic mass is 9.98. The van der Waals surface area contributed by atoms with Crippen LogP contribution in [0.15, 0.2) is 67.0 Å². The van der Waals surface area contributed by atoms with Crippen LogP contribution in [-0.4, -0.2) is 63.5 Å². The normalized spacial score (nSPS) is 14.6. The summed E-state index contributed by atoms with van der Waals surface area (Å²) in [6.07, 6.45) is 5.17. The highest BCUT2D eigenvalue weighted by atomic mass is 16.3. The molecule has 1 aliphatic rings. The number of phenolic OH excluding ortho intramolecular Hbond substituents is 1. The number of nitrogens with one attached hydrogen (secondary N) is 1. The summed E-state index contributed by atoms with van der Waals surface area (Å²) in [7, 11) is 0. The molecule has 5 rings (SSSR count). The summed E-state index contributed by atoms with van der Waals surface area (Å²) in [6, 6.07) is 17.7. The molecule has 2 aromatic heterocycles. The zero-order chi connectivity index (χ0) is 25.1. The molecule has 0 saturated carbocycles. The number of nitrogens with zero attached hydrogens (tertiary/aromatic N) is 3. The molecule has 6 heteroatoms. The fraction of sp³-hybridized carbons (Fsp3) is 0.333. The van der Waals surface area contributed by atoms with Crippen LogP contribution in [0.25, 0.3) is 33.3 Å². The van der Waals surface area contributed by atoms with E-state index < -0.39 is 0 Å². The lowest BCUT2D eigenvalue weighted by Crippen LogP contribution is -2.49. The second-order valence-corrected chi connectivity index (χ2v) is 10.1. The Morgan fingerprint density at radius 3 is 2.50 bits per heavy atom. The molecule has 1 aliphatic heterocycles. The Kier molecular flexibility index (Phi) is 7.05. The Balaban J connectivity index is 1.25. The van der Waals surface area contributed by atoms with Crippen molar-refractivity contribution >= 4 is 16.8 Å². The average molecular weight is 483 g/mol. The molecule has 1 saturated heterocycles. The third kappa shape index (κ3) is 5.29. The number of carbonyl (C=O) groups is 1. The van der Waals surface area contributed by atoms with Crippen molar-refractivity contribution in [3.05, 3.63) is 72.6 Å². The van der Waals surface area contributed by atoms with Gasteiger partial charge in [-0.2, -0.15) is 0 Å². The summed E-state index contributed by atoms with van der Waals surface area (Å²) < 4.78 is 0. The van der Waals surface area contributed by atoms with Gasteiger partial charge in [-0.25, -0.2) is 0 Å². The molecule has 0 radical (unpaired) electrons. The monoisotopic (exact) mass is 482 g/mol. The Bertz CT molecular complexity index is 1300. The molecule has 0 unspecified atom stereocenters. The lowest BCUT2D eigenvalue weighted by Gasteiger charge is -2.35. The van der Waals surface area contributed by atoms with Crippen molar-refractivity contribution in [2.45, 2.75) is 26.7 Å². The van der Waals surface area contributed by atoms with Gasteiger partial charge in [0, 0.05) is 60.6 Å². The van der Waals surface area contributed by atoms with E-state index in [4.69, 9.17) is 0 Å². The van der Waals surface area contributed by atoms with Crippen molar-refractivity contribution in [3.8, 4) is 28.1 Å². The molecule has 1 fully saturated rings. The number of pyridine rings is 1. The van der Waals surface area contributed by atoms with E-state index in [1.807, 2.05) is 65.7 Å². The van der Waals surface area contributed by atoms with Gasteiger partial charge in [-0.05, 0) is 48.2 Å². The van der Waals surface area contributed by atoms with Crippen molar-refractivity contribution in [1.29, 1.82) is 0 Å². The maximum absolute atomic E-state index is 12.9. The van der Waals surface area contributed by atoms with Gasteiger partial charge in [0.1, 0.15) is 5.75 Å². The molecule has 0 atom stereocenters. The minimum Gasteiger partial charge on any atom is -0.507 e. The maximum Gasteiger partial charge on any atom is 0.227 e. The van der Waals surface area contributed by atoms with Gasteiger partial charge in [0.25, 0.3) is 0 Å². The van der Waals surface area contributed by atoms with Crippen LogP contribution in [0.4, 0.5) is 0 Å². The van der Waals surface area contributed by atoms with Crippen LogP contribution in [-0.2, 0) is 11.2 Å². The number of fused-ring (bicyclic) bond motifs is 1. The largest absolute Gasteiger partial charge is 0.507 e. The van der Waals surface area contributed by atoms with E-state index in [9.17, 15) is 9.90 Å². The van der Waals surface area contributed by atoms with Crippen LogP contribution in [0.1, 0.15) is 25.8 Å². The summed E-state index contributed by atoms with van der Waals surface area (Å²) in [4.78, 5) is 24.9. The predicted octanol–water partition coefficient (Wildman–Crippen LogP) is 5.34. The molecule has 2 aromatic carbocycles. The van der Waals surface area contributed by atoms with Gasteiger partial charge in [0.05, 0.1) is 12.1 Å². The number of hydrogen-bond donors (Lipinski definition) is 2. The number of piperazine rings is 1. The van der Waals surface area contributed by atoms with Crippen LogP contribution in [0.2, 0.25) is 0 Å². The van der Waals surface area contributed by atoms with Gasteiger partial charge < -0.3 is 15.0 Å². The minimum atomic E-state index is 0.185. The second kappa shape index (κ2) is 10.5. The molecule has 4 aromatic rings. The number of aromatic amines is 1. The predicted molar refractivity (Wildman–Crippen MR) is 145 cm³/mol. The summed E-state index contributed by atoms with van der Waals surface area (Å²) in [6.45, 7) is 9.15. The smallest absolute Gasteiger partial charge is 0.227 e. The number of aromatic hydroxyl groups is 1. The second-order valence-electron chi connectivity index (χ2n) is 10.1. The molecule has 3 heterocycles. The number of aromatic nitrogens is 2. The Morgan fingerprint density at radius 1 is 1.03 bits per heavy atom. The van der Waals surface area contributed by atoms with Crippen LogP contribution >= 0.6 is 0 Å². The number of hydrogen-bond acceptors (Lipinski definition) is 4. The van der Waals surface area contributed by atoms with Gasteiger partial charge in [-0.15, -0.1) is 0 Å². The van der Waals surface area contributed by atoms with E-state index >= 15 is 0 Å². The Hall–Kier alpha value is -3.64. The number of H-pyrrole nitrogens is 1. The van der Waals surface area contributed by atoms with Crippen molar-refractivity contribution in [2.75, 3.05) is 32.7 Å². The molecule has 6 nitrogen and oxygen atoms in total. The SMILES string of the molecule is CC(C)CCN1CCN(C(=O)Cc2ccc(-c3cccc(-c4cc5cnccc5[nH]4)c3O)cc2)CC1. The standard InChI is InChI=1S/C30H34N4O2/c1-21(2)11-13-33-14-16-34(17-15-33)29(35)18-22-6-8-23(9-7-22)25-4-3-5-26(30(25)36)28-19-24-20-31-12-10-27(24)32-28/h3-10,12,19-21,32,36H,11,13-18H2,1-2H3. The molecule has 0 aliphatic carbocycles. The van der Waals surface area contributed by atoms with Crippen LogP contribution < -0.4 is 0 Å². The molecule has 1 amide bonds. The van der Waals surface area contributed by atoms with Gasteiger partial charge in [-0.3, -0.25) is 14.7 Å². The topological polar surface area (TPSA) is 72.5 Å². The number of para-hydroxylation sites is 1. The van der Waals surface area contributed by atoms with E-state index in [2.05, 4.69) is 28.7 Å². The number of rotatable bonds is 7. The van der Waals surface area contributed by atoms with E-state index in [0.717, 1.165) is 71.6 Å². The lowest BCUT2D eigenvalue weighted by molar-refractivity contribution is -0.132. The first-order chi connectivity index (χ1) is 17.5. The molecular weight excluding hydrogens is 448 g/mol. The van der Waals surface area contributed by atoms with Gasteiger partial charge >= 0.3 is 0 Å². The van der Waals surface area contributed by atoms with Crippen molar-refractivity contribution in [3.63, 3.8) is 0 Å². The third-order valence-electron chi connectivity index (χ3n) is 7.12. The fourth-order valence-corrected chi connectivity index (χ4v) is 4.86. The third-order valence-corrected chi connectivity index (χ3v) is 7.12. The van der Waals surface area contributed by atoms with Gasteiger partial charge in [0.2, 0.25) is 5.91 Å². The van der Waals surface area contributed by atoms with E-state index in [1.165, 1.54) is 6.42 Å². The number of benzene rings is 2. The van der Waals surface area contributed by atoms with Crippen molar-refractivity contribution in [2.24, 2.45) is 5.92 Å². The Morgan fingerprint density at radius 2 is 1.78 bits per heavy atom.